The third kappa shape index (κ3) is 5.71. The maximum Gasteiger partial charge on any atom is 0.220 e. The van der Waals surface area contributed by atoms with Crippen molar-refractivity contribution in [3.05, 3.63) is 34.9 Å². The van der Waals surface area contributed by atoms with Gasteiger partial charge in [0, 0.05) is 43.0 Å². The number of hydrogen-bond acceptors (Lipinski definition) is 3. The van der Waals surface area contributed by atoms with Crippen molar-refractivity contribution < 1.29 is 9.90 Å². The Bertz CT molecular complexity index is 670. The van der Waals surface area contributed by atoms with Gasteiger partial charge in [0.2, 0.25) is 5.91 Å². The first-order valence-corrected chi connectivity index (χ1v) is 9.63. The molecule has 8 heteroatoms. The average molecular weight is 507 g/mol. The summed E-state index contributed by atoms with van der Waals surface area (Å²) in [6.45, 7) is 5.55. The maximum atomic E-state index is 11.7. The molecule has 3 rings (SSSR count). The average Bonchev–Trinajstić information content (AvgIpc) is 2.98. The second-order valence-electron chi connectivity index (χ2n) is 7.24. The van der Waals surface area contributed by atoms with Gasteiger partial charge < -0.3 is 20.6 Å². The van der Waals surface area contributed by atoms with Crippen LogP contribution in [0.25, 0.3) is 0 Å². The Morgan fingerprint density at radius 1 is 1.44 bits per heavy atom. The van der Waals surface area contributed by atoms with E-state index in [1.54, 1.807) is 12.1 Å². The van der Waals surface area contributed by atoms with Crippen LogP contribution in [0.15, 0.2) is 29.3 Å². The first-order chi connectivity index (χ1) is 12.5. The van der Waals surface area contributed by atoms with Crippen LogP contribution in [0.3, 0.4) is 0 Å². The Labute approximate surface area is 182 Å². The molecule has 2 unspecified atom stereocenters. The minimum Gasteiger partial charge on any atom is -0.386 e. The molecule has 0 radical (unpaired) electrons. The Morgan fingerprint density at radius 2 is 2.19 bits per heavy atom. The van der Waals surface area contributed by atoms with Crippen LogP contribution in [0.2, 0.25) is 5.02 Å². The number of carbonyl (C=O) groups is 1. The van der Waals surface area contributed by atoms with E-state index in [0.29, 0.717) is 11.4 Å². The molecule has 0 aliphatic carbocycles. The molecule has 1 aromatic rings. The maximum absolute atomic E-state index is 11.7. The highest BCUT2D eigenvalue weighted by molar-refractivity contribution is 14.0. The Morgan fingerprint density at radius 3 is 2.81 bits per heavy atom. The number of nitrogens with zero attached hydrogens (tertiary/aromatic N) is 2. The van der Waals surface area contributed by atoms with Gasteiger partial charge in [-0.05, 0) is 37.5 Å². The number of piperidine rings is 1. The molecule has 6 nitrogen and oxygen atoms in total. The van der Waals surface area contributed by atoms with E-state index in [1.165, 1.54) is 0 Å². The Hall–Kier alpha value is -1.06. The van der Waals surface area contributed by atoms with Gasteiger partial charge in [0.05, 0.1) is 12.6 Å². The number of nitrogens with one attached hydrogen (secondary N) is 2. The van der Waals surface area contributed by atoms with Crippen molar-refractivity contribution in [2.75, 3.05) is 32.7 Å². The van der Waals surface area contributed by atoms with Gasteiger partial charge in [0.25, 0.3) is 0 Å². The van der Waals surface area contributed by atoms with E-state index >= 15 is 0 Å². The van der Waals surface area contributed by atoms with Crippen molar-refractivity contribution in [2.24, 2.45) is 10.4 Å². The Kier molecular flexibility index (Phi) is 8.18. The van der Waals surface area contributed by atoms with Crippen LogP contribution >= 0.6 is 35.6 Å². The van der Waals surface area contributed by atoms with Gasteiger partial charge in [0.15, 0.2) is 5.96 Å². The lowest BCUT2D eigenvalue weighted by atomic mass is 9.79. The number of amides is 1. The first-order valence-electron chi connectivity index (χ1n) is 9.25. The van der Waals surface area contributed by atoms with E-state index in [9.17, 15) is 9.90 Å². The van der Waals surface area contributed by atoms with Crippen molar-refractivity contribution in [2.45, 2.75) is 32.3 Å². The lowest BCUT2D eigenvalue weighted by Crippen LogP contribution is -2.51. The van der Waals surface area contributed by atoms with Gasteiger partial charge in [-0.15, -0.1) is 24.0 Å². The predicted octanol–water partition coefficient (Wildman–Crippen LogP) is 2.56. The van der Waals surface area contributed by atoms with E-state index < -0.39 is 6.10 Å². The van der Waals surface area contributed by atoms with Crippen LogP contribution in [0.1, 0.15) is 37.9 Å². The third-order valence-electron chi connectivity index (χ3n) is 5.16. The zero-order valence-corrected chi connectivity index (χ0v) is 18.7. The van der Waals surface area contributed by atoms with Crippen LogP contribution in [-0.2, 0) is 4.79 Å². The van der Waals surface area contributed by atoms with Crippen molar-refractivity contribution in [1.82, 2.24) is 15.5 Å². The van der Waals surface area contributed by atoms with Crippen LogP contribution in [0.4, 0.5) is 0 Å². The first kappa shape index (κ1) is 22.2. The summed E-state index contributed by atoms with van der Waals surface area (Å²) in [5.41, 5.74) is 0.815. The fourth-order valence-corrected chi connectivity index (χ4v) is 3.94. The number of halogens is 2. The van der Waals surface area contributed by atoms with Crippen molar-refractivity contribution in [3.8, 4) is 0 Å². The number of benzene rings is 1. The van der Waals surface area contributed by atoms with Gasteiger partial charge in [0.1, 0.15) is 0 Å². The van der Waals surface area contributed by atoms with Gasteiger partial charge >= 0.3 is 0 Å². The SMILES string of the molecule is CCNC(=NCC(O)c1ccc(Cl)cc1)N1CCCC2(CNC(=O)C2)C1.I. The predicted molar refractivity (Wildman–Crippen MR) is 119 cm³/mol. The van der Waals surface area contributed by atoms with E-state index in [1.807, 2.05) is 19.1 Å². The minimum atomic E-state index is -0.672. The highest BCUT2D eigenvalue weighted by Gasteiger charge is 2.42. The van der Waals surface area contributed by atoms with E-state index in [-0.39, 0.29) is 41.8 Å². The molecule has 2 fully saturated rings. The molecule has 150 valence electrons. The molecular formula is C19H28ClIN4O2. The lowest BCUT2D eigenvalue weighted by Gasteiger charge is -2.40. The quantitative estimate of drug-likeness (QED) is 0.333. The molecular weight excluding hydrogens is 479 g/mol. The highest BCUT2D eigenvalue weighted by atomic mass is 127. The zero-order chi connectivity index (χ0) is 18.6. The van der Waals surface area contributed by atoms with E-state index in [2.05, 4.69) is 20.5 Å². The molecule has 3 N–H and O–H groups in total. The zero-order valence-electron chi connectivity index (χ0n) is 15.6. The summed E-state index contributed by atoms with van der Waals surface area (Å²) in [6, 6.07) is 7.18. The number of hydrogen-bond donors (Lipinski definition) is 3. The molecule has 2 atom stereocenters. The summed E-state index contributed by atoms with van der Waals surface area (Å²) in [5, 5.41) is 17.4. The van der Waals surface area contributed by atoms with Gasteiger partial charge in [-0.1, -0.05) is 23.7 Å². The van der Waals surface area contributed by atoms with E-state index in [0.717, 1.165) is 50.5 Å². The fourth-order valence-electron chi connectivity index (χ4n) is 3.82. The molecule has 1 spiro atoms. The molecule has 0 bridgehead atoms. The largest absolute Gasteiger partial charge is 0.386 e. The third-order valence-corrected chi connectivity index (χ3v) is 5.41. The normalized spacial score (nSPS) is 23.7. The molecule has 0 aromatic heterocycles. The summed E-state index contributed by atoms with van der Waals surface area (Å²) in [4.78, 5) is 18.6. The Balaban J connectivity index is 0.00000261. The van der Waals surface area contributed by atoms with Crippen molar-refractivity contribution >= 4 is 47.4 Å². The molecule has 2 aliphatic heterocycles. The number of aliphatic hydroxyl groups is 1. The van der Waals surface area contributed by atoms with E-state index in [4.69, 9.17) is 11.6 Å². The molecule has 1 amide bonds. The van der Waals surface area contributed by atoms with Gasteiger partial charge in [-0.3, -0.25) is 9.79 Å². The molecule has 0 saturated carbocycles. The fraction of sp³-hybridized carbons (Fsp3) is 0.579. The van der Waals surface area contributed by atoms with Crippen molar-refractivity contribution in [1.29, 1.82) is 0 Å². The van der Waals surface area contributed by atoms with Crippen LogP contribution in [-0.4, -0.2) is 54.6 Å². The second kappa shape index (κ2) is 9.93. The lowest BCUT2D eigenvalue weighted by molar-refractivity contribution is -0.119. The molecule has 2 aliphatic rings. The number of likely N-dealkylation sites (tertiary alicyclic amines) is 1. The molecule has 2 heterocycles. The number of aliphatic imine (C=N–C) groups is 1. The topological polar surface area (TPSA) is 77.0 Å². The number of carbonyl (C=O) groups excluding carboxylic acids is 1. The summed E-state index contributed by atoms with van der Waals surface area (Å²) in [6.07, 6.45) is 2.03. The van der Waals surface area contributed by atoms with Crippen LogP contribution < -0.4 is 10.6 Å². The smallest absolute Gasteiger partial charge is 0.220 e. The number of guanidine groups is 1. The van der Waals surface area contributed by atoms with Crippen LogP contribution in [0.5, 0.6) is 0 Å². The van der Waals surface area contributed by atoms with Gasteiger partial charge in [-0.25, -0.2) is 0 Å². The highest BCUT2D eigenvalue weighted by Crippen LogP contribution is 2.36. The molecule has 2 saturated heterocycles. The standard InChI is InChI=1S/C19H27ClN4O2.HI/c1-2-21-18(22-11-16(25)14-4-6-15(20)7-5-14)24-9-3-8-19(13-24)10-17(26)23-12-19;/h4-7,16,25H,2-3,8-13H2,1H3,(H,21,22)(H,23,26);1H. The van der Waals surface area contributed by atoms with Crippen molar-refractivity contribution in [3.63, 3.8) is 0 Å². The summed E-state index contributed by atoms with van der Waals surface area (Å²) < 4.78 is 0. The molecule has 1 aromatic carbocycles. The second-order valence-corrected chi connectivity index (χ2v) is 7.68. The number of rotatable bonds is 4. The summed E-state index contributed by atoms with van der Waals surface area (Å²) >= 11 is 5.90. The minimum absolute atomic E-state index is 0. The monoisotopic (exact) mass is 506 g/mol. The summed E-state index contributed by atoms with van der Waals surface area (Å²) in [7, 11) is 0. The number of aliphatic hydroxyl groups excluding tert-OH is 1. The van der Waals surface area contributed by atoms with Crippen LogP contribution in [0, 0.1) is 5.41 Å². The molecule has 27 heavy (non-hydrogen) atoms. The van der Waals surface area contributed by atoms with Gasteiger partial charge in [-0.2, -0.15) is 0 Å². The summed E-state index contributed by atoms with van der Waals surface area (Å²) in [5.74, 6) is 0.950.